The molecule has 5 aromatic rings. The number of rotatable bonds is 8. The lowest BCUT2D eigenvalue weighted by molar-refractivity contribution is -0.136. The lowest BCUT2D eigenvalue weighted by Gasteiger charge is -2.09. The van der Waals surface area contributed by atoms with Crippen molar-refractivity contribution in [3.8, 4) is 22.6 Å². The summed E-state index contributed by atoms with van der Waals surface area (Å²) < 4.78 is 16.2. The molecular formula is C31H23NO6. The Morgan fingerprint density at radius 1 is 0.737 bits per heavy atom. The van der Waals surface area contributed by atoms with Crippen molar-refractivity contribution in [2.75, 3.05) is 6.61 Å². The zero-order valence-electron chi connectivity index (χ0n) is 20.3. The molecule has 0 aliphatic rings. The van der Waals surface area contributed by atoms with Crippen LogP contribution in [-0.4, -0.2) is 18.5 Å². The number of benzene rings is 4. The van der Waals surface area contributed by atoms with Crippen LogP contribution in [0.25, 0.3) is 22.1 Å². The molecule has 0 fully saturated rings. The van der Waals surface area contributed by atoms with E-state index in [1.807, 2.05) is 72.8 Å². The highest BCUT2D eigenvalue weighted by Crippen LogP contribution is 2.23. The number of hydrogen-bond donors (Lipinski definition) is 1. The molecule has 0 bridgehead atoms. The quantitative estimate of drug-likeness (QED) is 0.173. The second-order valence-corrected chi connectivity index (χ2v) is 8.47. The second kappa shape index (κ2) is 11.3. The van der Waals surface area contributed by atoms with Gasteiger partial charge in [-0.25, -0.2) is 9.59 Å². The number of carbonyl (C=O) groups is 2. The molecule has 7 heteroatoms. The minimum absolute atomic E-state index is 0.107. The zero-order chi connectivity index (χ0) is 26.3. The fourth-order valence-corrected chi connectivity index (χ4v) is 3.86. The van der Waals surface area contributed by atoms with E-state index in [1.165, 1.54) is 12.1 Å². The van der Waals surface area contributed by atoms with Crippen LogP contribution in [-0.2, 0) is 11.3 Å². The number of nitrogens with one attached hydrogen (secondary N) is 1. The lowest BCUT2D eigenvalue weighted by Crippen LogP contribution is -2.27. The third-order valence-corrected chi connectivity index (χ3v) is 5.80. The van der Waals surface area contributed by atoms with E-state index in [4.69, 9.17) is 13.9 Å². The van der Waals surface area contributed by atoms with E-state index in [9.17, 15) is 14.4 Å². The van der Waals surface area contributed by atoms with E-state index in [2.05, 4.69) is 5.32 Å². The second-order valence-electron chi connectivity index (χ2n) is 8.47. The Balaban J connectivity index is 1.19. The van der Waals surface area contributed by atoms with Gasteiger partial charge in [0.05, 0.1) is 0 Å². The molecule has 0 aliphatic carbocycles. The summed E-state index contributed by atoms with van der Waals surface area (Å²) in [5.74, 6) is -0.427. The van der Waals surface area contributed by atoms with Gasteiger partial charge >= 0.3 is 11.6 Å². The van der Waals surface area contributed by atoms with Gasteiger partial charge in [0, 0.05) is 18.0 Å². The van der Waals surface area contributed by atoms with Crippen molar-refractivity contribution >= 4 is 22.8 Å². The third kappa shape index (κ3) is 5.96. The van der Waals surface area contributed by atoms with Crippen molar-refractivity contribution in [1.29, 1.82) is 0 Å². The molecule has 0 atom stereocenters. The molecule has 5 rings (SSSR count). The Labute approximate surface area is 218 Å². The summed E-state index contributed by atoms with van der Waals surface area (Å²) in [6.07, 6.45) is 0. The first-order chi connectivity index (χ1) is 18.5. The van der Waals surface area contributed by atoms with Crippen LogP contribution in [0, 0.1) is 0 Å². The first-order valence-corrected chi connectivity index (χ1v) is 11.9. The molecule has 1 amide bonds. The summed E-state index contributed by atoms with van der Waals surface area (Å²) >= 11 is 0. The number of fused-ring (bicyclic) bond motifs is 1. The molecular weight excluding hydrogens is 482 g/mol. The fraction of sp³-hybridized carbons (Fsp3) is 0.0645. The minimum atomic E-state index is -0.783. The molecule has 0 saturated carbocycles. The maximum atomic E-state index is 12.5. The molecule has 0 spiro atoms. The van der Waals surface area contributed by atoms with Crippen LogP contribution in [0.1, 0.15) is 15.9 Å². The molecule has 4 aromatic carbocycles. The highest BCUT2D eigenvalue weighted by atomic mass is 16.6. The van der Waals surface area contributed by atoms with Crippen molar-refractivity contribution in [1.82, 2.24) is 5.32 Å². The molecule has 188 valence electrons. The van der Waals surface area contributed by atoms with Gasteiger partial charge in [-0.15, -0.1) is 0 Å². The zero-order valence-corrected chi connectivity index (χ0v) is 20.3. The standard InChI is InChI=1S/C31H23NO6/c33-29(20-36-25-14-11-23(12-15-25)22-9-5-2-6-10-22)37-26-16-13-24-17-27(31(35)38-28(24)18-26)30(34)32-19-21-7-3-1-4-8-21/h1-18H,19-20H2,(H,32,34). The van der Waals surface area contributed by atoms with Crippen LogP contribution in [0.2, 0.25) is 0 Å². The number of carbonyl (C=O) groups excluding carboxylic acids is 2. The Hall–Kier alpha value is -5.17. The van der Waals surface area contributed by atoms with Crippen LogP contribution >= 0.6 is 0 Å². The van der Waals surface area contributed by atoms with Gasteiger partial charge in [-0.3, -0.25) is 4.79 Å². The molecule has 0 unspecified atom stereocenters. The molecule has 1 aromatic heterocycles. The molecule has 38 heavy (non-hydrogen) atoms. The monoisotopic (exact) mass is 505 g/mol. The van der Waals surface area contributed by atoms with Gasteiger partial charge in [0.2, 0.25) is 0 Å². The number of hydrogen-bond acceptors (Lipinski definition) is 6. The van der Waals surface area contributed by atoms with Crippen LogP contribution in [0.5, 0.6) is 11.5 Å². The normalized spacial score (nSPS) is 10.6. The van der Waals surface area contributed by atoms with Crippen LogP contribution in [0.4, 0.5) is 0 Å². The largest absolute Gasteiger partial charge is 0.482 e. The number of amides is 1. The predicted molar refractivity (Wildman–Crippen MR) is 143 cm³/mol. The van der Waals surface area contributed by atoms with E-state index >= 15 is 0 Å². The summed E-state index contributed by atoms with van der Waals surface area (Å²) in [5, 5.41) is 3.23. The Morgan fingerprint density at radius 3 is 2.13 bits per heavy atom. The minimum Gasteiger partial charge on any atom is -0.482 e. The van der Waals surface area contributed by atoms with E-state index < -0.39 is 17.5 Å². The van der Waals surface area contributed by atoms with Crippen LogP contribution in [0.15, 0.2) is 118 Å². The lowest BCUT2D eigenvalue weighted by atomic mass is 10.1. The topological polar surface area (TPSA) is 94.8 Å². The van der Waals surface area contributed by atoms with Crippen molar-refractivity contribution in [3.05, 3.63) is 131 Å². The average Bonchev–Trinajstić information content (AvgIpc) is 2.96. The number of esters is 1. The summed E-state index contributed by atoms with van der Waals surface area (Å²) in [5.41, 5.74) is 2.33. The third-order valence-electron chi connectivity index (χ3n) is 5.80. The van der Waals surface area contributed by atoms with Crippen molar-refractivity contribution in [3.63, 3.8) is 0 Å². The highest BCUT2D eigenvalue weighted by molar-refractivity contribution is 5.96. The van der Waals surface area contributed by atoms with Gasteiger partial charge in [0.1, 0.15) is 22.6 Å². The molecule has 0 saturated heterocycles. The molecule has 1 N–H and O–H groups in total. The molecule has 1 heterocycles. The van der Waals surface area contributed by atoms with Gasteiger partial charge in [-0.2, -0.15) is 0 Å². The molecule has 0 aliphatic heterocycles. The first-order valence-electron chi connectivity index (χ1n) is 11.9. The predicted octanol–water partition coefficient (Wildman–Crippen LogP) is 5.37. The maximum absolute atomic E-state index is 12.5. The Kier molecular flexibility index (Phi) is 7.27. The van der Waals surface area contributed by atoms with Crippen LogP contribution in [0.3, 0.4) is 0 Å². The van der Waals surface area contributed by atoms with Gasteiger partial charge in [-0.05, 0) is 47.0 Å². The van der Waals surface area contributed by atoms with E-state index in [0.717, 1.165) is 16.7 Å². The SMILES string of the molecule is O=C(COc1ccc(-c2ccccc2)cc1)Oc1ccc2cc(C(=O)NCc3ccccc3)c(=O)oc2c1. The van der Waals surface area contributed by atoms with Gasteiger partial charge in [-0.1, -0.05) is 72.8 Å². The first kappa shape index (κ1) is 24.5. The summed E-state index contributed by atoms with van der Waals surface area (Å²) in [6, 6.07) is 32.7. The summed E-state index contributed by atoms with van der Waals surface area (Å²) in [6.45, 7) is -0.0154. The summed E-state index contributed by atoms with van der Waals surface area (Å²) in [4.78, 5) is 37.3. The summed E-state index contributed by atoms with van der Waals surface area (Å²) in [7, 11) is 0. The van der Waals surface area contributed by atoms with E-state index in [0.29, 0.717) is 11.1 Å². The fourth-order valence-electron chi connectivity index (χ4n) is 3.86. The van der Waals surface area contributed by atoms with Crippen molar-refractivity contribution in [2.45, 2.75) is 6.54 Å². The number of ether oxygens (including phenoxy) is 2. The van der Waals surface area contributed by atoms with Gasteiger partial charge < -0.3 is 19.2 Å². The van der Waals surface area contributed by atoms with E-state index in [1.54, 1.807) is 24.3 Å². The average molecular weight is 506 g/mol. The van der Waals surface area contributed by atoms with Gasteiger partial charge in [0.15, 0.2) is 6.61 Å². The Morgan fingerprint density at radius 2 is 1.39 bits per heavy atom. The van der Waals surface area contributed by atoms with E-state index in [-0.39, 0.29) is 30.0 Å². The van der Waals surface area contributed by atoms with Crippen molar-refractivity contribution in [2.24, 2.45) is 0 Å². The highest BCUT2D eigenvalue weighted by Gasteiger charge is 2.15. The molecule has 0 radical (unpaired) electrons. The maximum Gasteiger partial charge on any atom is 0.349 e. The van der Waals surface area contributed by atoms with Crippen molar-refractivity contribution < 1.29 is 23.5 Å². The smallest absolute Gasteiger partial charge is 0.349 e. The molecule has 7 nitrogen and oxygen atoms in total. The Bertz CT molecular complexity index is 1630. The van der Waals surface area contributed by atoms with Crippen LogP contribution < -0.4 is 20.4 Å². The van der Waals surface area contributed by atoms with Gasteiger partial charge in [0.25, 0.3) is 5.91 Å².